The van der Waals surface area contributed by atoms with Crippen molar-refractivity contribution in [2.75, 3.05) is 18.5 Å². The number of nitrogens with zero attached hydrogens (tertiary/aromatic N) is 3. The molecular formula is C11H12IN3S. The van der Waals surface area contributed by atoms with Gasteiger partial charge in [0.2, 0.25) is 0 Å². The van der Waals surface area contributed by atoms with Crippen LogP contribution in [0.25, 0.3) is 0 Å². The zero-order valence-corrected chi connectivity index (χ0v) is 11.9. The summed E-state index contributed by atoms with van der Waals surface area (Å²) in [6.45, 7) is 0.980. The van der Waals surface area contributed by atoms with Gasteiger partial charge in [0.05, 0.1) is 3.57 Å². The van der Waals surface area contributed by atoms with Gasteiger partial charge < -0.3 is 4.90 Å². The van der Waals surface area contributed by atoms with Crippen molar-refractivity contribution in [2.45, 2.75) is 6.42 Å². The maximum Gasteiger partial charge on any atom is 0.145 e. The van der Waals surface area contributed by atoms with Crippen LogP contribution in [-0.4, -0.2) is 23.6 Å². The molecule has 0 N–H and O–H groups in total. The summed E-state index contributed by atoms with van der Waals surface area (Å²) < 4.78 is 1.09. The standard InChI is InChI=1S/C11H12IN3S/c1-15(5-4-9-3-2-6-16-9)11-10(12)7-13-8-14-11/h2-3,6-8H,4-5H2,1H3. The third-order valence-electron chi connectivity index (χ3n) is 2.28. The lowest BCUT2D eigenvalue weighted by molar-refractivity contribution is 0.860. The van der Waals surface area contributed by atoms with Crippen LogP contribution in [0.2, 0.25) is 0 Å². The molecule has 0 aliphatic carbocycles. The smallest absolute Gasteiger partial charge is 0.145 e. The molecule has 5 heteroatoms. The van der Waals surface area contributed by atoms with Crippen molar-refractivity contribution in [3.63, 3.8) is 0 Å². The lowest BCUT2D eigenvalue weighted by Crippen LogP contribution is -2.22. The van der Waals surface area contributed by atoms with E-state index in [-0.39, 0.29) is 0 Å². The first-order valence-corrected chi connectivity index (χ1v) is 6.92. The highest BCUT2D eigenvalue weighted by Gasteiger charge is 2.06. The van der Waals surface area contributed by atoms with Crippen LogP contribution in [-0.2, 0) is 6.42 Å². The Kier molecular flexibility index (Phi) is 4.11. The highest BCUT2D eigenvalue weighted by atomic mass is 127. The molecular weight excluding hydrogens is 333 g/mol. The Hall–Kier alpha value is -0.690. The molecule has 84 valence electrons. The van der Waals surface area contributed by atoms with Gasteiger partial charge in [-0.1, -0.05) is 6.07 Å². The zero-order valence-electron chi connectivity index (χ0n) is 8.93. The van der Waals surface area contributed by atoms with Gasteiger partial charge in [0.15, 0.2) is 0 Å². The van der Waals surface area contributed by atoms with Gasteiger partial charge >= 0.3 is 0 Å². The van der Waals surface area contributed by atoms with Crippen molar-refractivity contribution >= 4 is 39.7 Å². The first-order chi connectivity index (χ1) is 7.77. The Morgan fingerprint density at radius 2 is 2.38 bits per heavy atom. The summed E-state index contributed by atoms with van der Waals surface area (Å²) >= 11 is 4.07. The molecule has 0 aliphatic rings. The first kappa shape index (κ1) is 11.8. The van der Waals surface area contributed by atoms with Crippen molar-refractivity contribution in [1.82, 2.24) is 9.97 Å². The van der Waals surface area contributed by atoms with Gasteiger partial charge in [0, 0.05) is 24.7 Å². The fourth-order valence-corrected chi connectivity index (χ4v) is 2.84. The molecule has 0 fully saturated rings. The summed E-state index contributed by atoms with van der Waals surface area (Å²) in [5.41, 5.74) is 0. The van der Waals surface area contributed by atoms with Crippen molar-refractivity contribution in [3.05, 3.63) is 38.5 Å². The van der Waals surface area contributed by atoms with Gasteiger partial charge in [-0.15, -0.1) is 11.3 Å². The molecule has 0 amide bonds. The van der Waals surface area contributed by atoms with Crippen LogP contribution in [0.3, 0.4) is 0 Å². The molecule has 0 saturated heterocycles. The lowest BCUT2D eigenvalue weighted by atomic mass is 10.3. The fraction of sp³-hybridized carbons (Fsp3) is 0.273. The van der Waals surface area contributed by atoms with Crippen LogP contribution in [0, 0.1) is 3.57 Å². The van der Waals surface area contributed by atoms with Gasteiger partial charge in [-0.2, -0.15) is 0 Å². The average molecular weight is 345 g/mol. The Balaban J connectivity index is 1.98. The number of aromatic nitrogens is 2. The molecule has 2 rings (SSSR count). The number of likely N-dealkylation sites (N-methyl/N-ethyl adjacent to an activating group) is 1. The van der Waals surface area contributed by atoms with Crippen molar-refractivity contribution in [3.8, 4) is 0 Å². The van der Waals surface area contributed by atoms with Gasteiger partial charge in [-0.05, 0) is 40.5 Å². The molecule has 0 unspecified atom stereocenters. The van der Waals surface area contributed by atoms with E-state index in [0.717, 1.165) is 22.4 Å². The molecule has 0 radical (unpaired) electrons. The van der Waals surface area contributed by atoms with Gasteiger partial charge in [-0.3, -0.25) is 0 Å². The van der Waals surface area contributed by atoms with E-state index in [2.05, 4.69) is 62.0 Å². The second-order valence-electron chi connectivity index (χ2n) is 3.45. The van der Waals surface area contributed by atoms with Gasteiger partial charge in [0.25, 0.3) is 0 Å². The van der Waals surface area contributed by atoms with Crippen LogP contribution in [0.1, 0.15) is 4.88 Å². The molecule has 0 aliphatic heterocycles. The van der Waals surface area contributed by atoms with Crippen molar-refractivity contribution < 1.29 is 0 Å². The Morgan fingerprint density at radius 1 is 1.50 bits per heavy atom. The topological polar surface area (TPSA) is 29.0 Å². The monoisotopic (exact) mass is 345 g/mol. The molecule has 0 atom stereocenters. The molecule has 3 nitrogen and oxygen atoms in total. The highest BCUT2D eigenvalue weighted by molar-refractivity contribution is 14.1. The van der Waals surface area contributed by atoms with E-state index in [0.29, 0.717) is 0 Å². The summed E-state index contributed by atoms with van der Waals surface area (Å²) in [4.78, 5) is 11.9. The minimum absolute atomic E-state index is 0.980. The third kappa shape index (κ3) is 2.91. The zero-order chi connectivity index (χ0) is 11.4. The Labute approximate surface area is 113 Å². The summed E-state index contributed by atoms with van der Waals surface area (Å²) in [5, 5.41) is 2.11. The van der Waals surface area contributed by atoms with Crippen LogP contribution >= 0.6 is 33.9 Å². The molecule has 16 heavy (non-hydrogen) atoms. The fourth-order valence-electron chi connectivity index (χ4n) is 1.43. The second-order valence-corrected chi connectivity index (χ2v) is 5.64. The van der Waals surface area contributed by atoms with Crippen molar-refractivity contribution in [2.24, 2.45) is 0 Å². The maximum absolute atomic E-state index is 4.29. The van der Waals surface area contributed by atoms with Crippen LogP contribution in [0.4, 0.5) is 5.82 Å². The van der Waals surface area contributed by atoms with E-state index >= 15 is 0 Å². The largest absolute Gasteiger partial charge is 0.358 e. The molecule has 2 heterocycles. The second kappa shape index (κ2) is 5.58. The van der Waals surface area contributed by atoms with Crippen LogP contribution in [0.15, 0.2) is 30.0 Å². The molecule has 2 aromatic heterocycles. The number of hydrogen-bond donors (Lipinski definition) is 0. The van der Waals surface area contributed by atoms with Gasteiger partial charge in [0.1, 0.15) is 12.1 Å². The Morgan fingerprint density at radius 3 is 3.06 bits per heavy atom. The SMILES string of the molecule is CN(CCc1cccs1)c1ncncc1I. The van der Waals surface area contributed by atoms with E-state index in [1.54, 1.807) is 17.7 Å². The summed E-state index contributed by atoms with van der Waals surface area (Å²) in [7, 11) is 2.07. The van der Waals surface area contributed by atoms with E-state index in [1.165, 1.54) is 4.88 Å². The molecule has 2 aromatic rings. The predicted molar refractivity (Wildman–Crippen MR) is 76.0 cm³/mol. The lowest BCUT2D eigenvalue weighted by Gasteiger charge is -2.18. The van der Waals surface area contributed by atoms with Crippen LogP contribution in [0.5, 0.6) is 0 Å². The van der Waals surface area contributed by atoms with E-state index in [4.69, 9.17) is 0 Å². The molecule has 0 saturated carbocycles. The van der Waals surface area contributed by atoms with Crippen molar-refractivity contribution in [1.29, 1.82) is 0 Å². The highest BCUT2D eigenvalue weighted by Crippen LogP contribution is 2.17. The number of rotatable bonds is 4. The van der Waals surface area contributed by atoms with Gasteiger partial charge in [-0.25, -0.2) is 9.97 Å². The minimum atomic E-state index is 0.980. The number of hydrogen-bond acceptors (Lipinski definition) is 4. The average Bonchev–Trinajstić information content (AvgIpc) is 2.79. The molecule has 0 aromatic carbocycles. The number of halogens is 1. The van der Waals surface area contributed by atoms with E-state index < -0.39 is 0 Å². The normalized spacial score (nSPS) is 10.4. The maximum atomic E-state index is 4.29. The first-order valence-electron chi connectivity index (χ1n) is 4.96. The van der Waals surface area contributed by atoms with E-state index in [1.807, 2.05) is 6.20 Å². The third-order valence-corrected chi connectivity index (χ3v) is 3.98. The minimum Gasteiger partial charge on any atom is -0.358 e. The van der Waals surface area contributed by atoms with E-state index in [9.17, 15) is 0 Å². The predicted octanol–water partition coefficient (Wildman–Crippen LogP) is 2.82. The number of anilines is 1. The Bertz CT molecular complexity index is 444. The quantitative estimate of drug-likeness (QED) is 0.798. The summed E-state index contributed by atoms with van der Waals surface area (Å²) in [6, 6.07) is 4.26. The van der Waals surface area contributed by atoms with Crippen LogP contribution < -0.4 is 4.90 Å². The molecule has 0 spiro atoms. The summed E-state index contributed by atoms with van der Waals surface area (Å²) in [5.74, 6) is 1.01. The summed E-state index contributed by atoms with van der Waals surface area (Å²) in [6.07, 6.45) is 4.50. The number of thiophene rings is 1. The molecule has 0 bridgehead atoms.